The molecule has 0 spiro atoms. The number of carbonyl (C=O) groups is 1. The van der Waals surface area contributed by atoms with E-state index in [9.17, 15) is 18.3 Å². The van der Waals surface area contributed by atoms with E-state index >= 15 is 0 Å². The minimum atomic E-state index is -3.74. The average Bonchev–Trinajstić information content (AvgIpc) is 2.83. The minimum Gasteiger partial charge on any atom is -0.448 e. The number of benzene rings is 1. The number of halogens is 1. The number of likely N-dealkylation sites (tertiary alicyclic amines) is 2. The molecule has 1 unspecified atom stereocenters. The first-order chi connectivity index (χ1) is 16.3. The summed E-state index contributed by atoms with van der Waals surface area (Å²) in [6, 6.07) is 5.92. The SMILES string of the molecule is C[C@@H]1CCC[C@H](COC(=O)N2CCCC(N3CCC(O)CC3)C2)N1S(=O)(=O)c1ccc(Cl)cc1. The fourth-order valence-electron chi connectivity index (χ4n) is 5.51. The molecule has 8 nitrogen and oxygen atoms in total. The molecule has 0 saturated carbocycles. The van der Waals surface area contributed by atoms with E-state index < -0.39 is 16.1 Å². The van der Waals surface area contributed by atoms with Crippen LogP contribution in [0.25, 0.3) is 0 Å². The van der Waals surface area contributed by atoms with Crippen LogP contribution >= 0.6 is 11.6 Å². The Labute approximate surface area is 207 Å². The van der Waals surface area contributed by atoms with E-state index in [-0.39, 0.29) is 35.8 Å². The van der Waals surface area contributed by atoms with Crippen molar-refractivity contribution in [1.82, 2.24) is 14.1 Å². The number of sulfonamides is 1. The van der Waals surface area contributed by atoms with Crippen LogP contribution in [0.15, 0.2) is 29.2 Å². The largest absolute Gasteiger partial charge is 0.448 e. The topological polar surface area (TPSA) is 90.4 Å². The molecule has 34 heavy (non-hydrogen) atoms. The number of ether oxygens (including phenoxy) is 1. The van der Waals surface area contributed by atoms with Crippen molar-refractivity contribution in [3.63, 3.8) is 0 Å². The third kappa shape index (κ3) is 5.87. The second-order valence-electron chi connectivity index (χ2n) is 9.81. The highest BCUT2D eigenvalue weighted by atomic mass is 35.5. The molecular formula is C24H36ClN3O5S. The van der Waals surface area contributed by atoms with Crippen LogP contribution in [0.2, 0.25) is 5.02 Å². The quantitative estimate of drug-likeness (QED) is 0.649. The highest BCUT2D eigenvalue weighted by Gasteiger charge is 2.39. The summed E-state index contributed by atoms with van der Waals surface area (Å²) in [6.07, 6.45) is 5.23. The van der Waals surface area contributed by atoms with Gasteiger partial charge in [0.15, 0.2) is 0 Å². The lowest BCUT2D eigenvalue weighted by molar-refractivity contribution is 0.0225. The maximum Gasteiger partial charge on any atom is 0.409 e. The highest BCUT2D eigenvalue weighted by molar-refractivity contribution is 7.89. The molecule has 3 aliphatic rings. The molecule has 3 aliphatic heterocycles. The van der Waals surface area contributed by atoms with Crippen molar-refractivity contribution in [3.05, 3.63) is 29.3 Å². The lowest BCUT2D eigenvalue weighted by atomic mass is 10.00. The minimum absolute atomic E-state index is 0.0487. The summed E-state index contributed by atoms with van der Waals surface area (Å²) in [4.78, 5) is 17.3. The first kappa shape index (κ1) is 25.7. The highest BCUT2D eigenvalue weighted by Crippen LogP contribution is 2.31. The monoisotopic (exact) mass is 513 g/mol. The third-order valence-corrected chi connectivity index (χ3v) is 9.74. The number of rotatable bonds is 5. The van der Waals surface area contributed by atoms with Crippen molar-refractivity contribution in [3.8, 4) is 0 Å². The van der Waals surface area contributed by atoms with Crippen molar-refractivity contribution in [2.75, 3.05) is 32.8 Å². The van der Waals surface area contributed by atoms with Gasteiger partial charge in [0.25, 0.3) is 0 Å². The van der Waals surface area contributed by atoms with E-state index in [1.165, 1.54) is 16.4 Å². The zero-order valence-corrected chi connectivity index (χ0v) is 21.4. The fraction of sp³-hybridized carbons (Fsp3) is 0.708. The van der Waals surface area contributed by atoms with Crippen LogP contribution in [0.3, 0.4) is 0 Å². The number of hydrogen-bond donors (Lipinski definition) is 1. The molecule has 3 fully saturated rings. The predicted molar refractivity (Wildman–Crippen MR) is 130 cm³/mol. The van der Waals surface area contributed by atoms with Gasteiger partial charge in [0, 0.05) is 43.3 Å². The van der Waals surface area contributed by atoms with Gasteiger partial charge in [-0.3, -0.25) is 4.90 Å². The lowest BCUT2D eigenvalue weighted by Gasteiger charge is -2.42. The zero-order valence-electron chi connectivity index (χ0n) is 19.8. The van der Waals surface area contributed by atoms with Crippen molar-refractivity contribution < 1.29 is 23.1 Å². The number of hydrogen-bond acceptors (Lipinski definition) is 6. The second-order valence-corrected chi connectivity index (χ2v) is 12.1. The van der Waals surface area contributed by atoms with Crippen LogP contribution in [-0.4, -0.2) is 90.7 Å². The molecule has 1 N–H and O–H groups in total. The maximum absolute atomic E-state index is 13.4. The smallest absolute Gasteiger partial charge is 0.409 e. The molecule has 0 radical (unpaired) electrons. The van der Waals surface area contributed by atoms with E-state index in [1.807, 2.05) is 6.92 Å². The maximum atomic E-state index is 13.4. The van der Waals surface area contributed by atoms with Crippen LogP contribution in [0.1, 0.15) is 51.9 Å². The Hall–Kier alpha value is -1.39. The summed E-state index contributed by atoms with van der Waals surface area (Å²) in [5, 5.41) is 10.3. The van der Waals surface area contributed by atoms with Gasteiger partial charge in [-0.15, -0.1) is 0 Å². The number of nitrogens with zero attached hydrogens (tertiary/aromatic N) is 3. The molecular weight excluding hydrogens is 478 g/mol. The summed E-state index contributed by atoms with van der Waals surface area (Å²) in [7, 11) is -3.74. The molecule has 1 aromatic rings. The van der Waals surface area contributed by atoms with Gasteiger partial charge in [-0.2, -0.15) is 4.31 Å². The summed E-state index contributed by atoms with van der Waals surface area (Å²) >= 11 is 5.94. The Morgan fingerprint density at radius 2 is 1.76 bits per heavy atom. The van der Waals surface area contributed by atoms with Crippen molar-refractivity contribution in [2.24, 2.45) is 0 Å². The number of amides is 1. The average molecular weight is 514 g/mol. The predicted octanol–water partition coefficient (Wildman–Crippen LogP) is 3.33. The van der Waals surface area contributed by atoms with Gasteiger partial charge in [0.1, 0.15) is 6.61 Å². The molecule has 0 aliphatic carbocycles. The second kappa shape index (κ2) is 11.1. The van der Waals surface area contributed by atoms with Gasteiger partial charge in [0.2, 0.25) is 10.0 Å². The Morgan fingerprint density at radius 1 is 1.06 bits per heavy atom. The van der Waals surface area contributed by atoms with E-state index in [4.69, 9.17) is 16.3 Å². The molecule has 0 aromatic heterocycles. The van der Waals surface area contributed by atoms with Gasteiger partial charge >= 0.3 is 6.09 Å². The molecule has 190 valence electrons. The summed E-state index contributed by atoms with van der Waals surface area (Å²) in [5.41, 5.74) is 0. The van der Waals surface area contributed by atoms with Gasteiger partial charge in [0.05, 0.1) is 17.0 Å². The molecule has 4 rings (SSSR count). The number of carbonyl (C=O) groups excluding carboxylic acids is 1. The third-order valence-electron chi connectivity index (χ3n) is 7.41. The van der Waals surface area contributed by atoms with Crippen molar-refractivity contribution in [1.29, 1.82) is 0 Å². The molecule has 1 amide bonds. The lowest BCUT2D eigenvalue weighted by Crippen LogP contribution is -2.53. The van der Waals surface area contributed by atoms with Gasteiger partial charge in [-0.25, -0.2) is 13.2 Å². The van der Waals surface area contributed by atoms with Crippen LogP contribution < -0.4 is 0 Å². The first-order valence-electron chi connectivity index (χ1n) is 12.4. The normalized spacial score (nSPS) is 28.1. The Balaban J connectivity index is 1.38. The summed E-state index contributed by atoms with van der Waals surface area (Å²) < 4.78 is 34.1. The van der Waals surface area contributed by atoms with Crippen LogP contribution in [0, 0.1) is 0 Å². The van der Waals surface area contributed by atoms with E-state index in [0.717, 1.165) is 51.6 Å². The summed E-state index contributed by atoms with van der Waals surface area (Å²) in [5.74, 6) is 0. The van der Waals surface area contributed by atoms with Crippen LogP contribution in [0.4, 0.5) is 4.79 Å². The number of aliphatic hydroxyl groups excluding tert-OH is 1. The van der Waals surface area contributed by atoms with E-state index in [0.29, 0.717) is 24.5 Å². The number of aliphatic hydroxyl groups is 1. The Morgan fingerprint density at radius 3 is 2.47 bits per heavy atom. The van der Waals surface area contributed by atoms with Gasteiger partial charge in [-0.1, -0.05) is 18.0 Å². The molecule has 3 atom stereocenters. The molecule has 3 saturated heterocycles. The van der Waals surface area contributed by atoms with Crippen LogP contribution in [-0.2, 0) is 14.8 Å². The summed E-state index contributed by atoms with van der Waals surface area (Å²) in [6.45, 7) is 4.93. The Kier molecular flexibility index (Phi) is 8.40. The Bertz CT molecular complexity index is 936. The molecule has 0 bridgehead atoms. The molecule has 3 heterocycles. The van der Waals surface area contributed by atoms with E-state index in [1.54, 1.807) is 17.0 Å². The van der Waals surface area contributed by atoms with Crippen LogP contribution in [0.5, 0.6) is 0 Å². The van der Waals surface area contributed by atoms with E-state index in [2.05, 4.69) is 4.90 Å². The fourth-order valence-corrected chi connectivity index (χ4v) is 7.50. The van der Waals surface area contributed by atoms with Gasteiger partial charge < -0.3 is 14.7 Å². The molecule has 10 heteroatoms. The van der Waals surface area contributed by atoms with Crippen molar-refractivity contribution >= 4 is 27.7 Å². The first-order valence-corrected chi connectivity index (χ1v) is 14.2. The molecule has 1 aromatic carbocycles. The zero-order chi connectivity index (χ0) is 24.3. The number of piperidine rings is 3. The van der Waals surface area contributed by atoms with Gasteiger partial charge in [-0.05, 0) is 69.7 Å². The van der Waals surface area contributed by atoms with Crippen molar-refractivity contribution in [2.45, 2.75) is 81.0 Å². The standard InChI is InChI=1S/C24H36ClN3O5S/c1-18-4-2-5-21(28(18)34(31,32)23-9-7-19(25)8-10-23)17-33-24(30)27-13-3-6-20(16-27)26-14-11-22(29)12-15-26/h7-10,18,20-22,29H,2-6,11-17H2,1H3/t18-,20?,21-/m1/s1.